The summed E-state index contributed by atoms with van der Waals surface area (Å²) in [5.41, 5.74) is 7.05. The van der Waals surface area contributed by atoms with E-state index in [0.717, 1.165) is 56.8 Å². The van der Waals surface area contributed by atoms with Crippen molar-refractivity contribution in [1.29, 1.82) is 0 Å². The standard InChI is InChI=1S/C35H45N3.C2H6/c1-5-14-28(2)37-34-20-12-15-31(27-34)30-21-25-38(26-22-30)24-13-23-36-29(3)35(4,32-16-8-6-9-17-32)33-18-10-7-11-19-33;1-2/h6-12,15-20,27,30,36-37H,2-3,5,13-14,21-26H2,1,4H3;1-2H3. The van der Waals surface area contributed by atoms with Crippen LogP contribution in [0.2, 0.25) is 0 Å². The average molecular weight is 538 g/mol. The first-order valence-corrected chi connectivity index (χ1v) is 15.3. The molecular weight excluding hydrogens is 486 g/mol. The molecule has 3 nitrogen and oxygen atoms in total. The SMILES string of the molecule is C=C(CCC)Nc1cccc(C2CCN(CCCNC(=C)C(C)(c3ccccc3)c3ccccc3)CC2)c1.CC. The van der Waals surface area contributed by atoms with Crippen LogP contribution in [0.25, 0.3) is 0 Å². The van der Waals surface area contributed by atoms with E-state index in [-0.39, 0.29) is 5.41 Å². The van der Waals surface area contributed by atoms with Crippen LogP contribution in [0.15, 0.2) is 109 Å². The number of likely N-dealkylation sites (tertiary alicyclic amines) is 1. The number of hydrogen-bond donors (Lipinski definition) is 2. The first-order valence-electron chi connectivity index (χ1n) is 15.3. The molecule has 0 bridgehead atoms. The lowest BCUT2D eigenvalue weighted by Gasteiger charge is -2.35. The molecule has 0 aliphatic carbocycles. The molecule has 0 unspecified atom stereocenters. The molecule has 0 amide bonds. The summed E-state index contributed by atoms with van der Waals surface area (Å²) in [5, 5.41) is 7.18. The molecule has 4 rings (SSSR count). The van der Waals surface area contributed by atoms with Crippen LogP contribution in [0.3, 0.4) is 0 Å². The zero-order valence-corrected chi connectivity index (χ0v) is 25.4. The van der Waals surface area contributed by atoms with Crippen molar-refractivity contribution in [2.75, 3.05) is 31.5 Å². The van der Waals surface area contributed by atoms with Gasteiger partial charge in [-0.25, -0.2) is 0 Å². The predicted molar refractivity (Wildman–Crippen MR) is 175 cm³/mol. The van der Waals surface area contributed by atoms with Gasteiger partial charge in [-0.05, 0) is 87.0 Å². The summed E-state index contributed by atoms with van der Waals surface area (Å²) in [5.74, 6) is 0.641. The van der Waals surface area contributed by atoms with Gasteiger partial charge in [-0.3, -0.25) is 0 Å². The molecule has 40 heavy (non-hydrogen) atoms. The van der Waals surface area contributed by atoms with E-state index in [1.165, 1.54) is 35.2 Å². The second-order valence-corrected chi connectivity index (χ2v) is 10.8. The molecule has 0 spiro atoms. The highest BCUT2D eigenvalue weighted by molar-refractivity contribution is 5.50. The van der Waals surface area contributed by atoms with Crippen molar-refractivity contribution in [3.8, 4) is 0 Å². The van der Waals surface area contributed by atoms with Gasteiger partial charge >= 0.3 is 0 Å². The van der Waals surface area contributed by atoms with Gasteiger partial charge in [0.15, 0.2) is 0 Å². The van der Waals surface area contributed by atoms with E-state index in [1.807, 2.05) is 13.8 Å². The fourth-order valence-electron chi connectivity index (χ4n) is 5.71. The number of piperidine rings is 1. The quantitative estimate of drug-likeness (QED) is 0.213. The summed E-state index contributed by atoms with van der Waals surface area (Å²) in [6.45, 7) is 21.5. The van der Waals surface area contributed by atoms with Crippen LogP contribution < -0.4 is 10.6 Å². The number of nitrogens with one attached hydrogen (secondary N) is 2. The lowest BCUT2D eigenvalue weighted by molar-refractivity contribution is 0.210. The van der Waals surface area contributed by atoms with Gasteiger partial charge in [-0.1, -0.05) is 113 Å². The maximum atomic E-state index is 4.51. The van der Waals surface area contributed by atoms with E-state index in [2.05, 4.69) is 127 Å². The van der Waals surface area contributed by atoms with Crippen LogP contribution >= 0.6 is 0 Å². The molecule has 0 saturated carbocycles. The zero-order chi connectivity index (χ0) is 28.8. The number of nitrogens with zero attached hydrogens (tertiary/aromatic N) is 1. The second-order valence-electron chi connectivity index (χ2n) is 10.8. The van der Waals surface area contributed by atoms with Crippen molar-refractivity contribution in [3.05, 3.63) is 126 Å². The second kappa shape index (κ2) is 16.1. The monoisotopic (exact) mass is 537 g/mol. The molecule has 1 fully saturated rings. The predicted octanol–water partition coefficient (Wildman–Crippen LogP) is 9.12. The first-order chi connectivity index (χ1) is 19.5. The largest absolute Gasteiger partial charge is 0.388 e. The Labute approximate surface area is 244 Å². The Balaban J connectivity index is 0.00000216. The summed E-state index contributed by atoms with van der Waals surface area (Å²) in [7, 11) is 0. The van der Waals surface area contributed by atoms with Crippen molar-refractivity contribution in [3.63, 3.8) is 0 Å². The summed E-state index contributed by atoms with van der Waals surface area (Å²) >= 11 is 0. The zero-order valence-electron chi connectivity index (χ0n) is 25.4. The molecule has 1 saturated heterocycles. The molecular formula is C37H51N3. The maximum absolute atomic E-state index is 4.51. The molecule has 3 heteroatoms. The van der Waals surface area contributed by atoms with Crippen molar-refractivity contribution < 1.29 is 0 Å². The van der Waals surface area contributed by atoms with Crippen LogP contribution in [0, 0.1) is 0 Å². The van der Waals surface area contributed by atoms with Gasteiger partial charge in [0.2, 0.25) is 0 Å². The fourth-order valence-corrected chi connectivity index (χ4v) is 5.71. The minimum Gasteiger partial charge on any atom is -0.388 e. The molecule has 2 N–H and O–H groups in total. The minimum absolute atomic E-state index is 0.271. The van der Waals surface area contributed by atoms with E-state index in [0.29, 0.717) is 5.92 Å². The Bertz CT molecular complexity index is 1120. The normalized spacial score (nSPS) is 14.1. The number of hydrogen-bond acceptors (Lipinski definition) is 3. The number of benzene rings is 3. The molecule has 3 aromatic carbocycles. The number of rotatable bonds is 13. The molecule has 1 aliphatic heterocycles. The van der Waals surface area contributed by atoms with Crippen LogP contribution in [0.1, 0.15) is 82.4 Å². The first kappa shape index (κ1) is 31.2. The van der Waals surface area contributed by atoms with E-state index in [1.54, 1.807) is 0 Å². The Morgan fingerprint density at radius 1 is 0.875 bits per heavy atom. The van der Waals surface area contributed by atoms with Gasteiger partial charge in [0.1, 0.15) is 0 Å². The van der Waals surface area contributed by atoms with Crippen LogP contribution in [0.4, 0.5) is 5.69 Å². The summed E-state index contributed by atoms with van der Waals surface area (Å²) < 4.78 is 0. The molecule has 1 aliphatic rings. The minimum atomic E-state index is -0.271. The fraction of sp³-hybridized carbons (Fsp3) is 0.405. The van der Waals surface area contributed by atoms with E-state index in [9.17, 15) is 0 Å². The Kier molecular flexibility index (Phi) is 12.6. The smallest absolute Gasteiger partial charge is 0.0564 e. The van der Waals surface area contributed by atoms with Gasteiger partial charge < -0.3 is 15.5 Å². The summed E-state index contributed by atoms with van der Waals surface area (Å²) in [6, 6.07) is 30.4. The lowest BCUT2D eigenvalue weighted by atomic mass is 9.74. The third-order valence-electron chi connectivity index (χ3n) is 8.11. The van der Waals surface area contributed by atoms with Gasteiger partial charge in [0, 0.05) is 23.6 Å². The van der Waals surface area contributed by atoms with E-state index < -0.39 is 0 Å². The van der Waals surface area contributed by atoms with Crippen LogP contribution in [-0.2, 0) is 5.41 Å². The molecule has 214 valence electrons. The van der Waals surface area contributed by atoms with Crippen molar-refractivity contribution in [2.45, 2.75) is 71.1 Å². The van der Waals surface area contributed by atoms with Gasteiger partial charge in [0.05, 0.1) is 5.41 Å². The maximum Gasteiger partial charge on any atom is 0.0564 e. The third kappa shape index (κ3) is 8.35. The Morgan fingerprint density at radius 3 is 2.05 bits per heavy atom. The molecule has 1 heterocycles. The lowest BCUT2D eigenvalue weighted by Crippen LogP contribution is -2.37. The van der Waals surface area contributed by atoms with Gasteiger partial charge in [-0.2, -0.15) is 0 Å². The third-order valence-corrected chi connectivity index (χ3v) is 8.11. The topological polar surface area (TPSA) is 27.3 Å². The Morgan fingerprint density at radius 2 is 1.48 bits per heavy atom. The van der Waals surface area contributed by atoms with Gasteiger partial charge in [0.25, 0.3) is 0 Å². The molecule has 0 aromatic heterocycles. The molecule has 0 atom stereocenters. The molecule has 3 aromatic rings. The highest BCUT2D eigenvalue weighted by atomic mass is 15.1. The molecule has 0 radical (unpaired) electrons. The number of anilines is 1. The number of allylic oxidation sites excluding steroid dienone is 2. The summed E-state index contributed by atoms with van der Waals surface area (Å²) in [4.78, 5) is 2.62. The highest BCUT2D eigenvalue weighted by Crippen LogP contribution is 2.37. The van der Waals surface area contributed by atoms with Crippen LogP contribution in [-0.4, -0.2) is 31.1 Å². The van der Waals surface area contributed by atoms with E-state index in [4.69, 9.17) is 0 Å². The van der Waals surface area contributed by atoms with Crippen molar-refractivity contribution >= 4 is 5.69 Å². The summed E-state index contributed by atoms with van der Waals surface area (Å²) in [6.07, 6.45) is 5.69. The van der Waals surface area contributed by atoms with Crippen LogP contribution in [0.5, 0.6) is 0 Å². The van der Waals surface area contributed by atoms with Gasteiger partial charge in [-0.15, -0.1) is 0 Å². The van der Waals surface area contributed by atoms with Crippen molar-refractivity contribution in [1.82, 2.24) is 10.2 Å². The average Bonchev–Trinajstić information content (AvgIpc) is 3.01. The van der Waals surface area contributed by atoms with E-state index >= 15 is 0 Å². The highest BCUT2D eigenvalue weighted by Gasteiger charge is 2.32. The Hall–Kier alpha value is -3.30. The van der Waals surface area contributed by atoms with Crippen molar-refractivity contribution in [2.24, 2.45) is 0 Å².